The van der Waals surface area contributed by atoms with Gasteiger partial charge in [0.15, 0.2) is 0 Å². The van der Waals surface area contributed by atoms with Crippen LogP contribution in [0.1, 0.15) is 6.92 Å². The first-order valence-electron chi connectivity index (χ1n) is 6.83. The highest BCUT2D eigenvalue weighted by molar-refractivity contribution is 7.84. The third-order valence-corrected chi connectivity index (χ3v) is 4.92. The number of amides is 2. The van der Waals surface area contributed by atoms with Crippen LogP contribution < -0.4 is 5.32 Å². The minimum Gasteiger partial charge on any atom is -0.324 e. The summed E-state index contributed by atoms with van der Waals surface area (Å²) < 4.78 is 15.6. The second-order valence-corrected chi connectivity index (χ2v) is 7.36. The highest BCUT2D eigenvalue weighted by Crippen LogP contribution is 2.25. The van der Waals surface area contributed by atoms with E-state index in [2.05, 4.69) is 9.69 Å². The van der Waals surface area contributed by atoms with E-state index in [-0.39, 0.29) is 12.1 Å². The molecule has 1 N–H and O–H groups in total. The fourth-order valence-electron chi connectivity index (χ4n) is 1.92. The molecule has 0 fully saturated rings. The summed E-state index contributed by atoms with van der Waals surface area (Å²) in [5, 5.41) is 3.52. The van der Waals surface area contributed by atoms with E-state index in [1.165, 1.54) is 11.5 Å². The van der Waals surface area contributed by atoms with Crippen molar-refractivity contribution in [1.82, 2.24) is 9.27 Å². The molecule has 1 heterocycles. The van der Waals surface area contributed by atoms with Crippen LogP contribution in [0.4, 0.5) is 9.80 Å². The number of aromatic nitrogens is 1. The van der Waals surface area contributed by atoms with Crippen molar-refractivity contribution in [1.29, 1.82) is 0 Å². The van der Waals surface area contributed by atoms with E-state index in [1.807, 2.05) is 43.3 Å². The average Bonchev–Trinajstić information content (AvgIpc) is 2.95. The van der Waals surface area contributed by atoms with Crippen LogP contribution in [0.5, 0.6) is 0 Å². The number of urea groups is 1. The molecule has 1 aromatic carbocycles. The Morgan fingerprint density at radius 2 is 2.09 bits per heavy atom. The molecule has 0 aliphatic heterocycles. The third kappa shape index (κ3) is 4.38. The number of rotatable bonds is 5. The van der Waals surface area contributed by atoms with Crippen molar-refractivity contribution in [2.75, 3.05) is 24.4 Å². The second kappa shape index (κ2) is 7.51. The molecule has 5 nitrogen and oxygen atoms in total. The van der Waals surface area contributed by atoms with Crippen molar-refractivity contribution >= 4 is 33.4 Å². The van der Waals surface area contributed by atoms with Crippen LogP contribution in [-0.4, -0.2) is 44.6 Å². The summed E-state index contributed by atoms with van der Waals surface area (Å²) in [5.41, 5.74) is 1.86. The SMILES string of the molecule is C[C@@H](C[S@](C)=O)N(C)C(=O)Nc1cc(-c2ccccc2)ns1. The fourth-order valence-corrected chi connectivity index (χ4v) is 3.48. The predicted octanol–water partition coefficient (Wildman–Crippen LogP) is 3.04. The lowest BCUT2D eigenvalue weighted by atomic mass is 10.2. The van der Waals surface area contributed by atoms with Crippen LogP contribution in [0.3, 0.4) is 0 Å². The van der Waals surface area contributed by atoms with Crippen LogP contribution in [0.15, 0.2) is 36.4 Å². The van der Waals surface area contributed by atoms with Gasteiger partial charge in [0.2, 0.25) is 0 Å². The maximum Gasteiger partial charge on any atom is 0.322 e. The largest absolute Gasteiger partial charge is 0.324 e. The number of anilines is 1. The Hall–Kier alpha value is -1.73. The van der Waals surface area contributed by atoms with E-state index in [4.69, 9.17) is 0 Å². The second-order valence-electron chi connectivity index (χ2n) is 5.07. The Morgan fingerprint density at radius 1 is 1.41 bits per heavy atom. The first kappa shape index (κ1) is 16.6. The molecule has 0 saturated carbocycles. The van der Waals surface area contributed by atoms with Gasteiger partial charge in [0, 0.05) is 47.5 Å². The Bertz CT molecular complexity index is 658. The van der Waals surface area contributed by atoms with Crippen molar-refractivity contribution < 1.29 is 9.00 Å². The van der Waals surface area contributed by atoms with E-state index in [9.17, 15) is 9.00 Å². The van der Waals surface area contributed by atoms with Crippen LogP contribution >= 0.6 is 11.5 Å². The quantitative estimate of drug-likeness (QED) is 0.912. The zero-order valence-electron chi connectivity index (χ0n) is 12.8. The summed E-state index contributed by atoms with van der Waals surface area (Å²) in [6, 6.07) is 11.4. The number of hydrogen-bond donors (Lipinski definition) is 1. The number of benzene rings is 1. The Kier molecular flexibility index (Phi) is 5.68. The van der Waals surface area contributed by atoms with Crippen molar-refractivity contribution in [2.24, 2.45) is 0 Å². The molecule has 0 aliphatic rings. The van der Waals surface area contributed by atoms with E-state index < -0.39 is 10.8 Å². The molecule has 0 saturated heterocycles. The summed E-state index contributed by atoms with van der Waals surface area (Å²) in [4.78, 5) is 13.7. The summed E-state index contributed by atoms with van der Waals surface area (Å²) in [5.74, 6) is 0.460. The van der Waals surface area contributed by atoms with Gasteiger partial charge in [-0.05, 0) is 18.5 Å². The summed E-state index contributed by atoms with van der Waals surface area (Å²) in [7, 11) is 0.769. The van der Waals surface area contributed by atoms with Gasteiger partial charge in [0.25, 0.3) is 0 Å². The third-order valence-electron chi connectivity index (χ3n) is 3.27. The summed E-state index contributed by atoms with van der Waals surface area (Å²) in [6.45, 7) is 1.88. The topological polar surface area (TPSA) is 62.3 Å². The first-order chi connectivity index (χ1) is 10.5. The van der Waals surface area contributed by atoms with Crippen LogP contribution in [0, 0.1) is 0 Å². The minimum absolute atomic E-state index is 0.0904. The molecule has 2 rings (SSSR count). The monoisotopic (exact) mass is 337 g/mol. The van der Waals surface area contributed by atoms with Crippen LogP contribution in [0.25, 0.3) is 11.3 Å². The molecule has 7 heteroatoms. The van der Waals surface area contributed by atoms with Gasteiger partial charge in [-0.15, -0.1) is 0 Å². The van der Waals surface area contributed by atoms with Crippen LogP contribution in [-0.2, 0) is 10.8 Å². The summed E-state index contributed by atoms with van der Waals surface area (Å²) in [6.07, 6.45) is 1.64. The molecular weight excluding hydrogens is 318 g/mol. The molecule has 0 bridgehead atoms. The summed E-state index contributed by atoms with van der Waals surface area (Å²) >= 11 is 1.25. The number of nitrogens with zero attached hydrogens (tertiary/aromatic N) is 2. The lowest BCUT2D eigenvalue weighted by Crippen LogP contribution is -2.40. The molecule has 2 aromatic rings. The zero-order chi connectivity index (χ0) is 16.1. The average molecular weight is 337 g/mol. The smallest absolute Gasteiger partial charge is 0.322 e. The molecule has 0 radical (unpaired) electrons. The van der Waals surface area contributed by atoms with Gasteiger partial charge in [-0.1, -0.05) is 30.3 Å². The van der Waals surface area contributed by atoms with Crippen molar-refractivity contribution in [3.63, 3.8) is 0 Å². The molecule has 22 heavy (non-hydrogen) atoms. The van der Waals surface area contributed by atoms with Gasteiger partial charge in [-0.3, -0.25) is 9.53 Å². The lowest BCUT2D eigenvalue weighted by molar-refractivity contribution is 0.212. The van der Waals surface area contributed by atoms with E-state index in [0.29, 0.717) is 10.8 Å². The van der Waals surface area contributed by atoms with Crippen LogP contribution in [0.2, 0.25) is 0 Å². The van der Waals surface area contributed by atoms with Crippen molar-refractivity contribution in [2.45, 2.75) is 13.0 Å². The van der Waals surface area contributed by atoms with E-state index in [1.54, 1.807) is 18.2 Å². The molecule has 0 unspecified atom stereocenters. The molecule has 2 atom stereocenters. The molecule has 0 aliphatic carbocycles. The zero-order valence-corrected chi connectivity index (χ0v) is 14.4. The van der Waals surface area contributed by atoms with Gasteiger partial charge in [-0.2, -0.15) is 4.37 Å². The molecule has 0 spiro atoms. The van der Waals surface area contributed by atoms with Gasteiger partial charge in [0.1, 0.15) is 5.00 Å². The van der Waals surface area contributed by atoms with Crippen molar-refractivity contribution in [3.8, 4) is 11.3 Å². The standard InChI is InChI=1S/C15H19N3O2S2/c1-11(10-22(3)20)18(2)15(19)16-14-9-13(17-21-14)12-7-5-4-6-8-12/h4-9,11H,10H2,1-3H3,(H,16,19)/t11-,22-/m0/s1. The fraction of sp³-hybridized carbons (Fsp3) is 0.333. The van der Waals surface area contributed by atoms with E-state index in [0.717, 1.165) is 11.3 Å². The lowest BCUT2D eigenvalue weighted by Gasteiger charge is -2.23. The Balaban J connectivity index is 2.01. The number of nitrogens with one attached hydrogen (secondary N) is 1. The normalized spacial score (nSPS) is 13.4. The highest BCUT2D eigenvalue weighted by Gasteiger charge is 2.17. The molecule has 2 amide bonds. The maximum atomic E-state index is 12.2. The predicted molar refractivity (Wildman–Crippen MR) is 92.7 cm³/mol. The number of hydrogen-bond acceptors (Lipinski definition) is 4. The van der Waals surface area contributed by atoms with Crippen molar-refractivity contribution in [3.05, 3.63) is 36.4 Å². The van der Waals surface area contributed by atoms with E-state index >= 15 is 0 Å². The maximum absolute atomic E-state index is 12.2. The first-order valence-corrected chi connectivity index (χ1v) is 9.33. The molecular formula is C15H19N3O2S2. The van der Waals surface area contributed by atoms with Gasteiger partial charge >= 0.3 is 6.03 Å². The van der Waals surface area contributed by atoms with Gasteiger partial charge < -0.3 is 4.90 Å². The molecule has 118 valence electrons. The highest BCUT2D eigenvalue weighted by atomic mass is 32.2. The van der Waals surface area contributed by atoms with Gasteiger partial charge in [0.05, 0.1) is 5.69 Å². The number of carbonyl (C=O) groups excluding carboxylic acids is 1. The minimum atomic E-state index is -0.931. The molecule has 1 aromatic heterocycles. The Labute approximate surface area is 137 Å². The number of carbonyl (C=O) groups is 1. The Morgan fingerprint density at radius 3 is 2.73 bits per heavy atom. The van der Waals surface area contributed by atoms with Gasteiger partial charge in [-0.25, -0.2) is 4.79 Å².